The summed E-state index contributed by atoms with van der Waals surface area (Å²) < 4.78 is 46.5. The standard InChI is InChI=1S/C17H14F3NO4/c1-7(19)12-8(3-2-4-9(12)20)13-14(16(22)23)10(5-18)21-11-6-25-17(24)15(11)13/h2-4,7,13,21H,5-6H2,1H3,(H,22,23). The van der Waals surface area contributed by atoms with Crippen LogP contribution in [0.5, 0.6) is 0 Å². The maximum atomic E-state index is 14.2. The lowest BCUT2D eigenvalue weighted by Crippen LogP contribution is -2.31. The Morgan fingerprint density at radius 3 is 2.80 bits per heavy atom. The summed E-state index contributed by atoms with van der Waals surface area (Å²) in [5.41, 5.74) is -0.996. The number of benzene rings is 1. The van der Waals surface area contributed by atoms with Crippen LogP contribution in [0.4, 0.5) is 13.2 Å². The van der Waals surface area contributed by atoms with Gasteiger partial charge in [-0.3, -0.25) is 0 Å². The number of aliphatic carboxylic acids is 1. The zero-order chi connectivity index (χ0) is 18.3. The van der Waals surface area contributed by atoms with E-state index in [-0.39, 0.29) is 34.7 Å². The first-order valence-electron chi connectivity index (χ1n) is 7.48. The van der Waals surface area contributed by atoms with E-state index < -0.39 is 42.1 Å². The number of hydrogen-bond donors (Lipinski definition) is 2. The minimum Gasteiger partial charge on any atom is -0.478 e. The van der Waals surface area contributed by atoms with Crippen molar-refractivity contribution in [3.05, 3.63) is 57.7 Å². The van der Waals surface area contributed by atoms with E-state index in [1.165, 1.54) is 12.1 Å². The molecule has 0 bridgehead atoms. The number of hydrogen-bond acceptors (Lipinski definition) is 4. The summed E-state index contributed by atoms with van der Waals surface area (Å²) in [6, 6.07) is 3.66. The maximum absolute atomic E-state index is 14.2. The second-order valence-corrected chi connectivity index (χ2v) is 5.72. The van der Waals surface area contributed by atoms with Crippen molar-refractivity contribution in [1.29, 1.82) is 0 Å². The van der Waals surface area contributed by atoms with Crippen molar-refractivity contribution in [2.75, 3.05) is 13.3 Å². The molecule has 0 saturated carbocycles. The van der Waals surface area contributed by atoms with Crippen molar-refractivity contribution in [1.82, 2.24) is 5.32 Å². The Morgan fingerprint density at radius 2 is 2.20 bits per heavy atom. The molecule has 8 heteroatoms. The van der Waals surface area contributed by atoms with Gasteiger partial charge in [0, 0.05) is 5.56 Å². The summed E-state index contributed by atoms with van der Waals surface area (Å²) in [5.74, 6) is -4.48. The van der Waals surface area contributed by atoms with E-state index in [1.807, 2.05) is 0 Å². The van der Waals surface area contributed by atoms with Gasteiger partial charge in [-0.2, -0.15) is 0 Å². The monoisotopic (exact) mass is 353 g/mol. The van der Waals surface area contributed by atoms with Gasteiger partial charge in [0.25, 0.3) is 0 Å². The summed E-state index contributed by atoms with van der Waals surface area (Å²) in [7, 11) is 0. The molecule has 0 amide bonds. The SMILES string of the molecule is CC(F)c1c(F)cccc1C1C(C(=O)O)=C(CF)NC2=C1C(=O)OC2. The number of allylic oxidation sites excluding steroid dienone is 1. The molecule has 0 spiro atoms. The molecule has 5 nitrogen and oxygen atoms in total. The highest BCUT2D eigenvalue weighted by Gasteiger charge is 2.43. The Hall–Kier alpha value is -2.77. The highest BCUT2D eigenvalue weighted by Crippen LogP contribution is 2.44. The zero-order valence-corrected chi connectivity index (χ0v) is 13.1. The average molecular weight is 353 g/mol. The van der Waals surface area contributed by atoms with Gasteiger partial charge in [-0.15, -0.1) is 0 Å². The molecule has 25 heavy (non-hydrogen) atoms. The third-order valence-corrected chi connectivity index (χ3v) is 4.26. The van der Waals surface area contributed by atoms with Crippen molar-refractivity contribution in [2.45, 2.75) is 19.0 Å². The first-order valence-corrected chi connectivity index (χ1v) is 7.48. The second kappa shape index (κ2) is 6.27. The molecule has 0 aromatic heterocycles. The van der Waals surface area contributed by atoms with E-state index in [0.29, 0.717) is 0 Å². The van der Waals surface area contributed by atoms with E-state index >= 15 is 0 Å². The van der Waals surface area contributed by atoms with Gasteiger partial charge in [0.2, 0.25) is 0 Å². The normalized spacial score (nSPS) is 21.0. The van der Waals surface area contributed by atoms with Crippen molar-refractivity contribution in [3.8, 4) is 0 Å². The van der Waals surface area contributed by atoms with Gasteiger partial charge in [0.05, 0.1) is 28.5 Å². The quantitative estimate of drug-likeness (QED) is 0.814. The third-order valence-electron chi connectivity index (χ3n) is 4.26. The summed E-state index contributed by atoms with van der Waals surface area (Å²) >= 11 is 0. The molecule has 2 atom stereocenters. The Labute approximate surface area is 140 Å². The highest BCUT2D eigenvalue weighted by molar-refractivity contribution is 6.00. The lowest BCUT2D eigenvalue weighted by Gasteiger charge is -2.28. The van der Waals surface area contributed by atoms with Crippen molar-refractivity contribution < 1.29 is 32.6 Å². The van der Waals surface area contributed by atoms with Crippen LogP contribution in [0.3, 0.4) is 0 Å². The van der Waals surface area contributed by atoms with Crippen LogP contribution in [0.15, 0.2) is 40.7 Å². The Balaban J connectivity index is 2.31. The summed E-state index contributed by atoms with van der Waals surface area (Å²) in [6.45, 7) is -0.221. The molecule has 2 aliphatic rings. The van der Waals surface area contributed by atoms with Crippen molar-refractivity contribution in [3.63, 3.8) is 0 Å². The lowest BCUT2D eigenvalue weighted by atomic mass is 9.78. The van der Waals surface area contributed by atoms with E-state index in [1.54, 1.807) is 0 Å². The van der Waals surface area contributed by atoms with Crippen LogP contribution in [-0.4, -0.2) is 30.3 Å². The fourth-order valence-electron chi connectivity index (χ4n) is 3.27. The van der Waals surface area contributed by atoms with E-state index in [0.717, 1.165) is 13.0 Å². The molecule has 132 valence electrons. The number of carboxylic acids is 1. The lowest BCUT2D eigenvalue weighted by molar-refractivity contribution is -0.136. The number of carbonyl (C=O) groups is 2. The molecule has 0 radical (unpaired) electrons. The summed E-state index contributed by atoms with van der Waals surface area (Å²) in [6.07, 6.45) is -1.75. The predicted octanol–water partition coefficient (Wildman–Crippen LogP) is 2.66. The van der Waals surface area contributed by atoms with E-state index in [4.69, 9.17) is 4.74 Å². The number of rotatable bonds is 4. The van der Waals surface area contributed by atoms with Crippen LogP contribution in [0.25, 0.3) is 0 Å². The van der Waals surface area contributed by atoms with Crippen molar-refractivity contribution in [2.24, 2.45) is 0 Å². The van der Waals surface area contributed by atoms with E-state index in [2.05, 4.69) is 5.32 Å². The fraction of sp³-hybridized carbons (Fsp3) is 0.294. The maximum Gasteiger partial charge on any atom is 0.337 e. The molecule has 2 aliphatic heterocycles. The van der Waals surface area contributed by atoms with Gasteiger partial charge in [-0.05, 0) is 18.6 Å². The predicted molar refractivity (Wildman–Crippen MR) is 80.4 cm³/mol. The average Bonchev–Trinajstić information content (AvgIpc) is 2.93. The van der Waals surface area contributed by atoms with E-state index in [9.17, 15) is 27.9 Å². The number of nitrogens with one attached hydrogen (secondary N) is 1. The third kappa shape index (κ3) is 2.67. The number of ether oxygens (including phenoxy) is 1. The fourth-order valence-corrected chi connectivity index (χ4v) is 3.27. The number of cyclic esters (lactones) is 1. The summed E-state index contributed by atoms with van der Waals surface area (Å²) in [4.78, 5) is 23.8. The molecule has 1 aromatic carbocycles. The minimum absolute atomic E-state index is 0.0359. The Morgan fingerprint density at radius 1 is 1.48 bits per heavy atom. The largest absolute Gasteiger partial charge is 0.478 e. The van der Waals surface area contributed by atoms with Gasteiger partial charge < -0.3 is 15.2 Å². The highest BCUT2D eigenvalue weighted by atomic mass is 19.1. The first kappa shape index (κ1) is 17.1. The number of dihydropyridines is 1. The van der Waals surface area contributed by atoms with Gasteiger partial charge >= 0.3 is 11.9 Å². The molecule has 0 saturated heterocycles. The number of esters is 1. The molecular weight excluding hydrogens is 339 g/mol. The first-order chi connectivity index (χ1) is 11.9. The Bertz CT molecular complexity index is 829. The van der Waals surface area contributed by atoms with Gasteiger partial charge in [0.15, 0.2) is 0 Å². The molecule has 3 rings (SSSR count). The number of carboxylic acid groups (broad SMARTS) is 1. The molecule has 0 fully saturated rings. The molecule has 2 heterocycles. The molecule has 2 N–H and O–H groups in total. The van der Waals surface area contributed by atoms with Gasteiger partial charge in [-0.1, -0.05) is 12.1 Å². The molecule has 2 unspecified atom stereocenters. The van der Waals surface area contributed by atoms with Crippen LogP contribution < -0.4 is 5.32 Å². The minimum atomic E-state index is -1.75. The number of carbonyl (C=O) groups excluding carboxylic acids is 1. The van der Waals surface area contributed by atoms with Crippen molar-refractivity contribution >= 4 is 11.9 Å². The zero-order valence-electron chi connectivity index (χ0n) is 13.1. The Kier molecular flexibility index (Phi) is 4.28. The van der Waals surface area contributed by atoms with Gasteiger partial charge in [-0.25, -0.2) is 22.8 Å². The smallest absolute Gasteiger partial charge is 0.337 e. The van der Waals surface area contributed by atoms with Gasteiger partial charge in [0.1, 0.15) is 25.3 Å². The number of alkyl halides is 2. The van der Waals surface area contributed by atoms with Crippen LogP contribution in [0, 0.1) is 5.82 Å². The van der Waals surface area contributed by atoms with Crippen LogP contribution in [0.1, 0.15) is 30.1 Å². The molecule has 0 aliphatic carbocycles. The molecular formula is C17H14F3NO4. The topological polar surface area (TPSA) is 75.6 Å². The number of halogens is 3. The molecule has 1 aromatic rings. The summed E-state index contributed by atoms with van der Waals surface area (Å²) in [5, 5.41) is 12.1. The van der Waals surface area contributed by atoms with Crippen LogP contribution in [-0.2, 0) is 14.3 Å². The van der Waals surface area contributed by atoms with Crippen LogP contribution in [0.2, 0.25) is 0 Å². The van der Waals surface area contributed by atoms with Crippen LogP contribution >= 0.6 is 0 Å². The second-order valence-electron chi connectivity index (χ2n) is 5.72.